The Hall–Kier alpha value is -2.24. The maximum atomic E-state index is 12.4. The molecule has 0 saturated carbocycles. The number of aromatic nitrogens is 1. The number of carbonyl (C=O) groups is 1. The van der Waals surface area contributed by atoms with E-state index in [1.54, 1.807) is 4.90 Å². The summed E-state index contributed by atoms with van der Waals surface area (Å²) in [5.41, 5.74) is 1.02. The molecule has 0 unspecified atom stereocenters. The number of nitrogens with zero attached hydrogens (tertiary/aromatic N) is 4. The minimum Gasteiger partial charge on any atom is -0.388 e. The molecule has 2 aliphatic heterocycles. The molecule has 1 aromatic rings. The van der Waals surface area contributed by atoms with Crippen LogP contribution in [0.1, 0.15) is 5.69 Å². The molecule has 1 aromatic heterocycles. The largest absolute Gasteiger partial charge is 0.388 e. The molecule has 2 amide bonds. The fourth-order valence-corrected chi connectivity index (χ4v) is 2.66. The summed E-state index contributed by atoms with van der Waals surface area (Å²) in [6, 6.07) is 6.16. The number of carbonyl (C=O) groups excluding carboxylic acids is 1. The summed E-state index contributed by atoms with van der Waals surface area (Å²) >= 11 is 0. The van der Waals surface area contributed by atoms with Gasteiger partial charge in [-0.1, -0.05) is 6.07 Å². The van der Waals surface area contributed by atoms with Gasteiger partial charge in [-0.3, -0.25) is 4.90 Å². The summed E-state index contributed by atoms with van der Waals surface area (Å²) in [6.45, 7) is 6.69. The van der Waals surface area contributed by atoms with E-state index in [0.717, 1.165) is 50.8 Å². The van der Waals surface area contributed by atoms with Gasteiger partial charge in [0, 0.05) is 57.4 Å². The Morgan fingerprint density at radius 2 is 2.00 bits per heavy atom. The van der Waals surface area contributed by atoms with Crippen LogP contribution in [-0.4, -0.2) is 60.1 Å². The monoisotopic (exact) mass is 287 g/mol. The summed E-state index contributed by atoms with van der Waals surface area (Å²) in [6.07, 6.45) is 3.65. The molecule has 0 aliphatic carbocycles. The molecule has 6 nitrogen and oxygen atoms in total. The molecule has 2 aliphatic rings. The molecular weight excluding hydrogens is 266 g/mol. The third kappa shape index (κ3) is 3.09. The van der Waals surface area contributed by atoms with Crippen LogP contribution in [0.15, 0.2) is 30.6 Å². The van der Waals surface area contributed by atoms with Gasteiger partial charge in [0.05, 0.1) is 0 Å². The lowest BCUT2D eigenvalue weighted by molar-refractivity contribution is 0.164. The van der Waals surface area contributed by atoms with Crippen molar-refractivity contribution in [2.75, 3.05) is 44.2 Å². The minimum atomic E-state index is 0.101. The summed E-state index contributed by atoms with van der Waals surface area (Å²) in [7, 11) is 0. The second kappa shape index (κ2) is 6.03. The van der Waals surface area contributed by atoms with E-state index < -0.39 is 0 Å². The Labute approximate surface area is 125 Å². The van der Waals surface area contributed by atoms with Crippen molar-refractivity contribution in [2.24, 2.45) is 0 Å². The summed E-state index contributed by atoms with van der Waals surface area (Å²) < 4.78 is 0. The number of nitrogens with one attached hydrogen (secondary N) is 1. The Kier molecular flexibility index (Phi) is 3.94. The molecule has 1 N–H and O–H groups in total. The molecule has 0 atom stereocenters. The van der Waals surface area contributed by atoms with Crippen molar-refractivity contribution in [3.63, 3.8) is 0 Å². The van der Waals surface area contributed by atoms with Crippen molar-refractivity contribution in [2.45, 2.75) is 6.92 Å². The van der Waals surface area contributed by atoms with Crippen molar-refractivity contribution >= 4 is 11.8 Å². The number of hydrogen-bond acceptors (Lipinski definition) is 4. The number of piperazine rings is 1. The van der Waals surface area contributed by atoms with Crippen LogP contribution in [0.5, 0.6) is 0 Å². The van der Waals surface area contributed by atoms with E-state index in [9.17, 15) is 4.79 Å². The molecule has 21 heavy (non-hydrogen) atoms. The number of amides is 2. The van der Waals surface area contributed by atoms with E-state index in [4.69, 9.17) is 0 Å². The van der Waals surface area contributed by atoms with E-state index in [-0.39, 0.29) is 6.03 Å². The molecular formula is C15H21N5O. The van der Waals surface area contributed by atoms with Crippen LogP contribution in [0.3, 0.4) is 0 Å². The van der Waals surface area contributed by atoms with Crippen LogP contribution in [0.2, 0.25) is 0 Å². The van der Waals surface area contributed by atoms with E-state index in [0.29, 0.717) is 0 Å². The summed E-state index contributed by atoms with van der Waals surface area (Å²) in [5, 5.41) is 3.10. The van der Waals surface area contributed by atoms with Gasteiger partial charge in [0.25, 0.3) is 0 Å². The summed E-state index contributed by atoms with van der Waals surface area (Å²) in [5.74, 6) is 1.00. The highest BCUT2D eigenvalue weighted by molar-refractivity contribution is 5.76. The normalized spacial score (nSPS) is 18.6. The minimum absolute atomic E-state index is 0.101. The van der Waals surface area contributed by atoms with Gasteiger partial charge in [0.15, 0.2) is 0 Å². The zero-order valence-electron chi connectivity index (χ0n) is 12.3. The molecule has 112 valence electrons. The first-order valence-corrected chi connectivity index (χ1v) is 7.38. The van der Waals surface area contributed by atoms with Crippen LogP contribution in [0, 0.1) is 6.92 Å². The SMILES string of the molecule is Cc1cccc(N2CCN(C(=O)N3C=CNCC3)CC2)n1. The van der Waals surface area contributed by atoms with Crippen LogP contribution >= 0.6 is 0 Å². The maximum absolute atomic E-state index is 12.4. The van der Waals surface area contributed by atoms with Crippen molar-refractivity contribution < 1.29 is 4.79 Å². The van der Waals surface area contributed by atoms with Gasteiger partial charge in [-0.05, 0) is 19.1 Å². The van der Waals surface area contributed by atoms with Crippen LogP contribution in [0.25, 0.3) is 0 Å². The second-order valence-electron chi connectivity index (χ2n) is 5.36. The first-order valence-electron chi connectivity index (χ1n) is 7.38. The van der Waals surface area contributed by atoms with Gasteiger partial charge < -0.3 is 15.1 Å². The predicted octanol–water partition coefficient (Wildman–Crippen LogP) is 1.01. The number of anilines is 1. The molecule has 3 heterocycles. The highest BCUT2D eigenvalue weighted by Gasteiger charge is 2.25. The van der Waals surface area contributed by atoms with Crippen molar-refractivity contribution in [3.05, 3.63) is 36.3 Å². The van der Waals surface area contributed by atoms with E-state index >= 15 is 0 Å². The zero-order chi connectivity index (χ0) is 14.7. The zero-order valence-corrected chi connectivity index (χ0v) is 12.3. The molecule has 6 heteroatoms. The molecule has 0 aromatic carbocycles. The average molecular weight is 287 g/mol. The third-order valence-electron chi connectivity index (χ3n) is 3.86. The van der Waals surface area contributed by atoms with Gasteiger partial charge in [0.1, 0.15) is 5.82 Å². The van der Waals surface area contributed by atoms with Gasteiger partial charge in [-0.25, -0.2) is 9.78 Å². The van der Waals surface area contributed by atoms with E-state index in [2.05, 4.69) is 15.2 Å². The average Bonchev–Trinajstić information content (AvgIpc) is 2.55. The Morgan fingerprint density at radius 3 is 2.67 bits per heavy atom. The first-order chi connectivity index (χ1) is 10.2. The van der Waals surface area contributed by atoms with Gasteiger partial charge in [0.2, 0.25) is 0 Å². The van der Waals surface area contributed by atoms with E-state index in [1.807, 2.05) is 42.4 Å². The molecule has 0 bridgehead atoms. The van der Waals surface area contributed by atoms with Crippen LogP contribution in [-0.2, 0) is 0 Å². The topological polar surface area (TPSA) is 51.7 Å². The number of urea groups is 1. The maximum Gasteiger partial charge on any atom is 0.324 e. The highest BCUT2D eigenvalue weighted by Crippen LogP contribution is 2.15. The molecule has 1 saturated heterocycles. The molecule has 1 fully saturated rings. The van der Waals surface area contributed by atoms with Crippen molar-refractivity contribution in [1.82, 2.24) is 20.1 Å². The number of pyridine rings is 1. The Bertz CT molecular complexity index is 537. The number of aryl methyl sites for hydroxylation is 1. The first kappa shape index (κ1) is 13.7. The lowest BCUT2D eigenvalue weighted by atomic mass is 10.3. The summed E-state index contributed by atoms with van der Waals surface area (Å²) in [4.78, 5) is 22.9. The van der Waals surface area contributed by atoms with Gasteiger partial charge in [-0.15, -0.1) is 0 Å². The lowest BCUT2D eigenvalue weighted by Gasteiger charge is -2.37. The quantitative estimate of drug-likeness (QED) is 0.837. The predicted molar refractivity (Wildman–Crippen MR) is 82.0 cm³/mol. The Balaban J connectivity index is 1.58. The standard InChI is InChI=1S/C15H21N5O/c1-13-3-2-4-14(17-13)18-9-11-20(12-10-18)15(21)19-7-5-16-6-8-19/h2-5,7,16H,6,8-12H2,1H3. The van der Waals surface area contributed by atoms with Crippen LogP contribution < -0.4 is 10.2 Å². The lowest BCUT2D eigenvalue weighted by Crippen LogP contribution is -2.53. The molecule has 0 spiro atoms. The van der Waals surface area contributed by atoms with Gasteiger partial charge >= 0.3 is 6.03 Å². The number of rotatable bonds is 1. The third-order valence-corrected chi connectivity index (χ3v) is 3.86. The van der Waals surface area contributed by atoms with Crippen molar-refractivity contribution in [1.29, 1.82) is 0 Å². The van der Waals surface area contributed by atoms with Gasteiger partial charge in [-0.2, -0.15) is 0 Å². The molecule has 3 rings (SSSR count). The number of hydrogen-bond donors (Lipinski definition) is 1. The fourth-order valence-electron chi connectivity index (χ4n) is 2.66. The van der Waals surface area contributed by atoms with Crippen molar-refractivity contribution in [3.8, 4) is 0 Å². The smallest absolute Gasteiger partial charge is 0.324 e. The Morgan fingerprint density at radius 1 is 1.19 bits per heavy atom. The second-order valence-corrected chi connectivity index (χ2v) is 5.36. The van der Waals surface area contributed by atoms with E-state index in [1.165, 1.54) is 0 Å². The van der Waals surface area contributed by atoms with Crippen LogP contribution in [0.4, 0.5) is 10.6 Å². The highest BCUT2D eigenvalue weighted by atomic mass is 16.2. The molecule has 0 radical (unpaired) electrons. The fraction of sp³-hybridized carbons (Fsp3) is 0.467.